The van der Waals surface area contributed by atoms with Gasteiger partial charge >= 0.3 is 12.1 Å². The molecule has 1 N–H and O–H groups in total. The average Bonchev–Trinajstić information content (AvgIpc) is 3.27. The van der Waals surface area contributed by atoms with Gasteiger partial charge in [-0.25, -0.2) is 9.18 Å². The molecule has 0 aliphatic carbocycles. The molecule has 4 rings (SSSR count). The molecule has 0 bridgehead atoms. The van der Waals surface area contributed by atoms with Gasteiger partial charge in [-0.3, -0.25) is 14.5 Å². The summed E-state index contributed by atoms with van der Waals surface area (Å²) >= 11 is 4.99. The topological polar surface area (TPSA) is 91.4 Å². The van der Waals surface area contributed by atoms with E-state index in [4.69, 9.17) is 21.7 Å². The summed E-state index contributed by atoms with van der Waals surface area (Å²) in [7, 11) is 0. The van der Waals surface area contributed by atoms with Crippen LogP contribution < -0.4 is 19.9 Å². The van der Waals surface area contributed by atoms with Gasteiger partial charge in [0.2, 0.25) is 5.91 Å². The second kappa shape index (κ2) is 12.0. The van der Waals surface area contributed by atoms with Crippen LogP contribution in [0.5, 0.6) is 5.75 Å². The number of cyclic esters (lactones) is 1. The molecule has 2 fully saturated rings. The highest BCUT2D eigenvalue weighted by atomic mass is 32.1. The fraction of sp³-hybridized carbons (Fsp3) is 0.333. The quantitative estimate of drug-likeness (QED) is 0.248. The molecule has 2 heterocycles. The molecule has 9 nitrogen and oxygen atoms in total. The van der Waals surface area contributed by atoms with Crippen molar-refractivity contribution in [3.05, 3.63) is 59.9 Å². The third-order valence-electron chi connectivity index (χ3n) is 6.19. The van der Waals surface area contributed by atoms with Crippen LogP contribution in [0.15, 0.2) is 48.5 Å². The van der Waals surface area contributed by atoms with Crippen LogP contribution in [-0.2, 0) is 14.3 Å². The number of amides is 2. The number of nitrogens with one attached hydrogen (secondary N) is 1. The van der Waals surface area contributed by atoms with Gasteiger partial charge in [0.15, 0.2) is 0 Å². The van der Waals surface area contributed by atoms with Crippen molar-refractivity contribution in [3.8, 4) is 5.75 Å². The van der Waals surface area contributed by atoms with Crippen LogP contribution in [0.1, 0.15) is 19.4 Å². The maximum atomic E-state index is 15.1. The molecule has 2 aromatic carbocycles. The highest BCUT2D eigenvalue weighted by molar-refractivity contribution is 7.80. The van der Waals surface area contributed by atoms with Crippen LogP contribution in [-0.4, -0.2) is 73.2 Å². The van der Waals surface area contributed by atoms with E-state index in [0.29, 0.717) is 61.4 Å². The van der Waals surface area contributed by atoms with Crippen molar-refractivity contribution in [2.75, 3.05) is 49.1 Å². The Kier molecular flexibility index (Phi) is 8.57. The first-order valence-corrected chi connectivity index (χ1v) is 12.6. The number of nitrogens with zero attached hydrogens (tertiary/aromatic N) is 3. The Morgan fingerprint density at radius 2 is 1.84 bits per heavy atom. The van der Waals surface area contributed by atoms with Gasteiger partial charge in [-0.15, -0.1) is 0 Å². The van der Waals surface area contributed by atoms with Crippen molar-refractivity contribution in [2.24, 2.45) is 0 Å². The van der Waals surface area contributed by atoms with Crippen LogP contribution in [0.2, 0.25) is 0 Å². The van der Waals surface area contributed by atoms with E-state index >= 15 is 4.39 Å². The monoisotopic (exact) mass is 540 g/mol. The summed E-state index contributed by atoms with van der Waals surface area (Å²) in [6, 6.07) is 11.5. The number of benzene rings is 2. The van der Waals surface area contributed by atoms with Crippen molar-refractivity contribution in [2.45, 2.75) is 20.0 Å². The van der Waals surface area contributed by atoms with Crippen LogP contribution in [0.25, 0.3) is 6.08 Å². The Morgan fingerprint density at radius 3 is 2.47 bits per heavy atom. The number of hydrogen-bond acceptors (Lipinski definition) is 7. The lowest BCUT2D eigenvalue weighted by Gasteiger charge is -2.36. The third kappa shape index (κ3) is 6.86. The standard InChI is InChI=1S/C27H29FN4O5S/c1-18(38)29-16-23-17-32(27(35)37-23)21-6-9-25(24(28)15-21)30-11-13-31(14-12-30)26(34)10-5-20-3-7-22(8-4-20)36-19(2)33/h3-10,15,23H,11-14,16-17H2,1-2H3,(H,29,38)/t23-/m0/s1. The summed E-state index contributed by atoms with van der Waals surface area (Å²) in [6.07, 6.45) is 2.30. The van der Waals surface area contributed by atoms with E-state index in [-0.39, 0.29) is 12.0 Å². The molecule has 0 radical (unpaired) electrons. The molecule has 0 aromatic heterocycles. The number of piperazine rings is 1. The number of halogens is 1. The average molecular weight is 541 g/mol. The fourth-order valence-corrected chi connectivity index (χ4v) is 4.35. The predicted molar refractivity (Wildman–Crippen MR) is 146 cm³/mol. The number of thiocarbonyl (C=S) groups is 1. The van der Waals surface area contributed by atoms with Crippen molar-refractivity contribution in [3.63, 3.8) is 0 Å². The maximum Gasteiger partial charge on any atom is 0.414 e. The zero-order valence-corrected chi connectivity index (χ0v) is 22.0. The molecule has 11 heteroatoms. The number of anilines is 2. The second-order valence-corrected chi connectivity index (χ2v) is 9.61. The SMILES string of the molecule is CC(=O)Oc1ccc(C=CC(=O)N2CCN(c3ccc(N4C[C@H](CNC(C)=S)OC4=O)cc3F)CC2)cc1. The van der Waals surface area contributed by atoms with E-state index < -0.39 is 17.9 Å². The molecule has 2 amide bonds. The summed E-state index contributed by atoms with van der Waals surface area (Å²) in [5.74, 6) is -0.529. The van der Waals surface area contributed by atoms with Crippen molar-refractivity contribution in [1.29, 1.82) is 0 Å². The van der Waals surface area contributed by atoms with Crippen LogP contribution >= 0.6 is 12.2 Å². The number of hydrogen-bond donors (Lipinski definition) is 1. The van der Waals surface area contributed by atoms with E-state index in [0.717, 1.165) is 5.56 Å². The van der Waals surface area contributed by atoms with Gasteiger partial charge in [0.1, 0.15) is 17.7 Å². The summed E-state index contributed by atoms with van der Waals surface area (Å²) in [5.41, 5.74) is 1.65. The first-order valence-electron chi connectivity index (χ1n) is 12.2. The molecule has 2 aromatic rings. The van der Waals surface area contributed by atoms with E-state index in [9.17, 15) is 14.4 Å². The summed E-state index contributed by atoms with van der Waals surface area (Å²) in [6.45, 7) is 5.63. The molecular weight excluding hydrogens is 511 g/mol. The van der Waals surface area contributed by atoms with Gasteiger partial charge in [0.25, 0.3) is 0 Å². The summed E-state index contributed by atoms with van der Waals surface area (Å²) < 4.78 is 25.4. The van der Waals surface area contributed by atoms with Crippen LogP contribution in [0.4, 0.5) is 20.6 Å². The zero-order valence-electron chi connectivity index (χ0n) is 21.2. The van der Waals surface area contributed by atoms with E-state index in [1.807, 2.05) is 4.90 Å². The molecule has 1 atom stereocenters. The van der Waals surface area contributed by atoms with Gasteiger partial charge in [0, 0.05) is 39.2 Å². The molecule has 2 saturated heterocycles. The van der Waals surface area contributed by atoms with Crippen molar-refractivity contribution >= 4 is 52.6 Å². The third-order valence-corrected chi connectivity index (χ3v) is 6.33. The van der Waals surface area contributed by atoms with Gasteiger partial charge in [-0.1, -0.05) is 24.4 Å². The Labute approximate surface area is 225 Å². The highest BCUT2D eigenvalue weighted by Gasteiger charge is 2.33. The van der Waals surface area contributed by atoms with Gasteiger partial charge in [0.05, 0.1) is 29.5 Å². The predicted octanol–water partition coefficient (Wildman–Crippen LogP) is 3.38. The first kappa shape index (κ1) is 27.1. The highest BCUT2D eigenvalue weighted by Crippen LogP contribution is 2.28. The molecule has 2 aliphatic rings. The van der Waals surface area contributed by atoms with E-state index in [1.54, 1.807) is 54.3 Å². The summed E-state index contributed by atoms with van der Waals surface area (Å²) in [4.78, 5) is 41.5. The molecule has 200 valence electrons. The molecule has 0 spiro atoms. The van der Waals surface area contributed by atoms with Crippen molar-refractivity contribution < 1.29 is 28.2 Å². The lowest BCUT2D eigenvalue weighted by atomic mass is 10.2. The number of carbonyl (C=O) groups excluding carboxylic acids is 3. The lowest BCUT2D eigenvalue weighted by molar-refractivity contribution is -0.132. The van der Waals surface area contributed by atoms with Crippen LogP contribution in [0.3, 0.4) is 0 Å². The number of ether oxygens (including phenoxy) is 2. The smallest absolute Gasteiger partial charge is 0.414 e. The normalized spacial score (nSPS) is 17.5. The van der Waals surface area contributed by atoms with E-state index in [2.05, 4.69) is 5.32 Å². The first-order chi connectivity index (χ1) is 18.2. The minimum Gasteiger partial charge on any atom is -0.442 e. The molecule has 0 unspecified atom stereocenters. The molecular formula is C27H29FN4O5S. The number of rotatable bonds is 7. The summed E-state index contributed by atoms with van der Waals surface area (Å²) in [5, 5.41) is 2.98. The van der Waals surface area contributed by atoms with Gasteiger partial charge in [-0.2, -0.15) is 0 Å². The Hall–Kier alpha value is -3.99. The van der Waals surface area contributed by atoms with Crippen LogP contribution in [0, 0.1) is 5.82 Å². The molecule has 38 heavy (non-hydrogen) atoms. The molecule has 2 aliphatic heterocycles. The van der Waals surface area contributed by atoms with Crippen molar-refractivity contribution in [1.82, 2.24) is 10.2 Å². The lowest BCUT2D eigenvalue weighted by Crippen LogP contribution is -2.48. The van der Waals surface area contributed by atoms with Gasteiger partial charge < -0.3 is 24.6 Å². The Balaban J connectivity index is 1.30. The second-order valence-electron chi connectivity index (χ2n) is 9.00. The van der Waals surface area contributed by atoms with E-state index in [1.165, 1.54) is 24.0 Å². The maximum absolute atomic E-state index is 15.1. The minimum atomic E-state index is -0.522. The van der Waals surface area contributed by atoms with Gasteiger partial charge in [-0.05, 0) is 48.9 Å². The Morgan fingerprint density at radius 1 is 1.13 bits per heavy atom. The minimum absolute atomic E-state index is 0.134. The number of esters is 1. The number of carbonyl (C=O) groups is 3. The largest absolute Gasteiger partial charge is 0.442 e. The Bertz CT molecular complexity index is 1240. The molecule has 0 saturated carbocycles. The fourth-order valence-electron chi connectivity index (χ4n) is 4.27. The zero-order chi connectivity index (χ0) is 27.2.